The number of esters is 1. The largest absolute Gasteiger partial charge is 0.507 e. The molecule has 0 saturated heterocycles. The molecule has 0 spiro atoms. The third-order valence-corrected chi connectivity index (χ3v) is 1.50. The van der Waals surface area contributed by atoms with Crippen LogP contribution in [0.2, 0.25) is 0 Å². The SMILES string of the molecule is COC(=O)C#Cc1c(O)cccc1O. The molecule has 72 valence electrons. The van der Waals surface area contributed by atoms with Gasteiger partial charge in [-0.1, -0.05) is 6.07 Å². The lowest BCUT2D eigenvalue weighted by molar-refractivity contribution is -0.133. The van der Waals surface area contributed by atoms with Crippen molar-refractivity contribution < 1.29 is 19.7 Å². The quantitative estimate of drug-likeness (QED) is 0.467. The Morgan fingerprint density at radius 3 is 2.43 bits per heavy atom. The molecule has 4 heteroatoms. The lowest BCUT2D eigenvalue weighted by atomic mass is 10.2. The molecular formula is C10H8O4. The van der Waals surface area contributed by atoms with Gasteiger partial charge in [0.2, 0.25) is 0 Å². The van der Waals surface area contributed by atoms with Crippen molar-refractivity contribution in [3.05, 3.63) is 23.8 Å². The second-order valence-corrected chi connectivity index (χ2v) is 2.41. The van der Waals surface area contributed by atoms with Crippen molar-refractivity contribution in [2.24, 2.45) is 0 Å². The number of phenolic OH excluding ortho intramolecular Hbond substituents is 2. The van der Waals surface area contributed by atoms with Gasteiger partial charge in [-0.05, 0) is 18.1 Å². The summed E-state index contributed by atoms with van der Waals surface area (Å²) in [6.45, 7) is 0. The highest BCUT2D eigenvalue weighted by molar-refractivity contribution is 5.89. The number of carbonyl (C=O) groups excluding carboxylic acids is 1. The average molecular weight is 192 g/mol. The number of hydrogen-bond acceptors (Lipinski definition) is 4. The van der Waals surface area contributed by atoms with Crippen molar-refractivity contribution in [1.82, 2.24) is 0 Å². The molecule has 0 radical (unpaired) electrons. The molecule has 0 aliphatic heterocycles. The van der Waals surface area contributed by atoms with Crippen LogP contribution in [-0.4, -0.2) is 23.3 Å². The van der Waals surface area contributed by atoms with E-state index in [1.165, 1.54) is 25.3 Å². The zero-order valence-electron chi connectivity index (χ0n) is 7.44. The Kier molecular flexibility index (Phi) is 2.97. The van der Waals surface area contributed by atoms with Gasteiger partial charge in [-0.25, -0.2) is 4.79 Å². The summed E-state index contributed by atoms with van der Waals surface area (Å²) in [5.74, 6) is 3.32. The van der Waals surface area contributed by atoms with Crippen LogP contribution in [0.25, 0.3) is 0 Å². The van der Waals surface area contributed by atoms with E-state index in [-0.39, 0.29) is 17.1 Å². The summed E-state index contributed by atoms with van der Waals surface area (Å²) in [4.78, 5) is 10.6. The molecule has 0 unspecified atom stereocenters. The van der Waals surface area contributed by atoms with Gasteiger partial charge in [-0.2, -0.15) is 0 Å². The fraction of sp³-hybridized carbons (Fsp3) is 0.100. The molecule has 2 N–H and O–H groups in total. The lowest BCUT2D eigenvalue weighted by Crippen LogP contribution is -1.94. The van der Waals surface area contributed by atoms with Crippen LogP contribution in [-0.2, 0) is 9.53 Å². The molecule has 4 nitrogen and oxygen atoms in total. The van der Waals surface area contributed by atoms with Crippen LogP contribution < -0.4 is 0 Å². The predicted octanol–water partition coefficient (Wildman–Crippen LogP) is 0.622. The Bertz CT molecular complexity index is 392. The molecule has 0 aliphatic carbocycles. The minimum Gasteiger partial charge on any atom is -0.507 e. The maximum absolute atomic E-state index is 10.6. The molecule has 0 saturated carbocycles. The predicted molar refractivity (Wildman–Crippen MR) is 48.7 cm³/mol. The van der Waals surface area contributed by atoms with E-state index in [0.29, 0.717) is 0 Å². The molecule has 1 aromatic carbocycles. The summed E-state index contributed by atoms with van der Waals surface area (Å²) in [5, 5.41) is 18.5. The first-order valence-electron chi connectivity index (χ1n) is 3.76. The van der Waals surface area contributed by atoms with Gasteiger partial charge in [0.05, 0.1) is 7.11 Å². The van der Waals surface area contributed by atoms with Crippen LogP contribution >= 0.6 is 0 Å². The number of rotatable bonds is 0. The van der Waals surface area contributed by atoms with Gasteiger partial charge in [0.25, 0.3) is 0 Å². The normalized spacial score (nSPS) is 8.64. The second-order valence-electron chi connectivity index (χ2n) is 2.41. The smallest absolute Gasteiger partial charge is 0.384 e. The van der Waals surface area contributed by atoms with Crippen molar-refractivity contribution in [1.29, 1.82) is 0 Å². The van der Waals surface area contributed by atoms with Crippen LogP contribution in [0.5, 0.6) is 11.5 Å². The minimum absolute atomic E-state index is 0.0119. The van der Waals surface area contributed by atoms with Crippen LogP contribution in [0.15, 0.2) is 18.2 Å². The minimum atomic E-state index is -0.729. The number of aromatic hydroxyl groups is 2. The van der Waals surface area contributed by atoms with E-state index in [1.807, 2.05) is 0 Å². The number of carbonyl (C=O) groups is 1. The molecule has 0 aliphatic rings. The highest BCUT2D eigenvalue weighted by Crippen LogP contribution is 2.24. The lowest BCUT2D eigenvalue weighted by Gasteiger charge is -1.98. The summed E-state index contributed by atoms with van der Waals surface area (Å²) in [6, 6.07) is 4.19. The molecule has 0 bridgehead atoms. The second kappa shape index (κ2) is 4.19. The first-order chi connectivity index (χ1) is 6.65. The van der Waals surface area contributed by atoms with E-state index in [4.69, 9.17) is 0 Å². The maximum atomic E-state index is 10.6. The van der Waals surface area contributed by atoms with Gasteiger partial charge in [0, 0.05) is 5.92 Å². The molecule has 0 atom stereocenters. The van der Waals surface area contributed by atoms with Crippen molar-refractivity contribution >= 4 is 5.97 Å². The standard InChI is InChI=1S/C10H8O4/c1-14-10(13)6-5-7-8(11)3-2-4-9(7)12/h2-4,11-12H,1H3. The third-order valence-electron chi connectivity index (χ3n) is 1.50. The van der Waals surface area contributed by atoms with Gasteiger partial charge in [0.15, 0.2) is 0 Å². The average Bonchev–Trinajstić information content (AvgIpc) is 2.16. The Balaban J connectivity index is 3.06. The first-order valence-corrected chi connectivity index (χ1v) is 3.76. The maximum Gasteiger partial charge on any atom is 0.384 e. The monoisotopic (exact) mass is 192 g/mol. The van der Waals surface area contributed by atoms with Gasteiger partial charge in [-0.3, -0.25) is 0 Å². The highest BCUT2D eigenvalue weighted by Gasteiger charge is 2.03. The molecule has 0 aromatic heterocycles. The fourth-order valence-corrected chi connectivity index (χ4v) is 0.821. The molecule has 1 rings (SSSR count). The van der Waals surface area contributed by atoms with E-state index >= 15 is 0 Å². The Labute approximate surface area is 80.8 Å². The van der Waals surface area contributed by atoms with Gasteiger partial charge in [0.1, 0.15) is 17.1 Å². The summed E-state index contributed by atoms with van der Waals surface area (Å²) in [5.41, 5.74) is 0.0119. The summed E-state index contributed by atoms with van der Waals surface area (Å²) in [6.07, 6.45) is 0. The van der Waals surface area contributed by atoms with Gasteiger partial charge >= 0.3 is 5.97 Å². The summed E-state index contributed by atoms with van der Waals surface area (Å²) >= 11 is 0. The third kappa shape index (κ3) is 2.17. The number of phenols is 2. The number of hydrogen-bond donors (Lipinski definition) is 2. The molecule has 0 fully saturated rings. The van der Waals surface area contributed by atoms with Gasteiger partial charge < -0.3 is 14.9 Å². The Morgan fingerprint density at radius 1 is 1.36 bits per heavy atom. The molecule has 0 heterocycles. The van der Waals surface area contributed by atoms with E-state index < -0.39 is 5.97 Å². The van der Waals surface area contributed by atoms with Crippen molar-refractivity contribution in [3.8, 4) is 23.3 Å². The number of ether oxygens (including phenoxy) is 1. The van der Waals surface area contributed by atoms with E-state index in [1.54, 1.807) is 0 Å². The van der Waals surface area contributed by atoms with Crippen molar-refractivity contribution in [3.63, 3.8) is 0 Å². The number of benzene rings is 1. The summed E-state index contributed by atoms with van der Waals surface area (Å²) in [7, 11) is 1.20. The van der Waals surface area contributed by atoms with Crippen LogP contribution in [0.1, 0.15) is 5.56 Å². The highest BCUT2D eigenvalue weighted by atomic mass is 16.5. The Hall–Kier alpha value is -2.15. The van der Waals surface area contributed by atoms with E-state index in [2.05, 4.69) is 16.6 Å². The zero-order valence-corrected chi connectivity index (χ0v) is 7.44. The van der Waals surface area contributed by atoms with Crippen LogP contribution in [0, 0.1) is 11.8 Å². The first kappa shape index (κ1) is 9.93. The Morgan fingerprint density at radius 2 is 1.93 bits per heavy atom. The zero-order chi connectivity index (χ0) is 10.6. The summed E-state index contributed by atoms with van der Waals surface area (Å²) < 4.78 is 4.28. The molecule has 1 aromatic rings. The van der Waals surface area contributed by atoms with E-state index in [0.717, 1.165) is 0 Å². The fourth-order valence-electron chi connectivity index (χ4n) is 0.821. The van der Waals surface area contributed by atoms with Crippen molar-refractivity contribution in [2.45, 2.75) is 0 Å². The topological polar surface area (TPSA) is 66.8 Å². The van der Waals surface area contributed by atoms with Gasteiger partial charge in [-0.15, -0.1) is 0 Å². The molecule has 0 amide bonds. The molecular weight excluding hydrogens is 184 g/mol. The van der Waals surface area contributed by atoms with Crippen LogP contribution in [0.4, 0.5) is 0 Å². The van der Waals surface area contributed by atoms with Crippen molar-refractivity contribution in [2.75, 3.05) is 7.11 Å². The molecule has 14 heavy (non-hydrogen) atoms. The van der Waals surface area contributed by atoms with Crippen LogP contribution in [0.3, 0.4) is 0 Å². The number of methoxy groups -OCH3 is 1. The van der Waals surface area contributed by atoms with E-state index in [9.17, 15) is 15.0 Å².